The number of ether oxygens (including phenoxy) is 2. The summed E-state index contributed by atoms with van der Waals surface area (Å²) in [5.74, 6) is 1.85. The molecule has 8 nitrogen and oxygen atoms in total. The van der Waals surface area contributed by atoms with Crippen LogP contribution in [0, 0.1) is 0 Å². The molecule has 1 amide bonds. The summed E-state index contributed by atoms with van der Waals surface area (Å²) in [5, 5.41) is 2.84. The Kier molecular flexibility index (Phi) is 5.51. The fourth-order valence-electron chi connectivity index (χ4n) is 2.92. The van der Waals surface area contributed by atoms with Gasteiger partial charge in [-0.1, -0.05) is 6.07 Å². The van der Waals surface area contributed by atoms with Crippen LogP contribution in [-0.4, -0.2) is 41.2 Å². The Hall–Kier alpha value is -3.68. The molecular weight excluding hydrogens is 370 g/mol. The van der Waals surface area contributed by atoms with Crippen molar-refractivity contribution < 1.29 is 14.3 Å². The van der Waals surface area contributed by atoms with Gasteiger partial charge in [-0.15, -0.1) is 0 Å². The molecule has 0 bridgehead atoms. The smallest absolute Gasteiger partial charge is 0.271 e. The maximum atomic E-state index is 12.4. The summed E-state index contributed by atoms with van der Waals surface area (Å²) in [6.45, 7) is 1.38. The SMILES string of the molecule is CN(CCc1ccncc1)c1cnc(C(=O)NCc2ccc3c(c2)OCO3)cn1. The van der Waals surface area contributed by atoms with E-state index in [1.165, 1.54) is 11.8 Å². The maximum Gasteiger partial charge on any atom is 0.271 e. The molecule has 148 valence electrons. The van der Waals surface area contributed by atoms with Crippen molar-refractivity contribution in [3.63, 3.8) is 0 Å². The Morgan fingerprint density at radius 3 is 2.69 bits per heavy atom. The number of anilines is 1. The first-order valence-corrected chi connectivity index (χ1v) is 9.28. The Bertz CT molecular complexity index is 979. The third-order valence-corrected chi connectivity index (χ3v) is 4.64. The molecule has 0 atom stereocenters. The van der Waals surface area contributed by atoms with Gasteiger partial charge in [-0.2, -0.15) is 0 Å². The lowest BCUT2D eigenvalue weighted by molar-refractivity contribution is 0.0945. The maximum absolute atomic E-state index is 12.4. The standard InChI is InChI=1S/C21H21N5O3/c1-26(9-6-15-4-7-22-8-5-15)20-13-23-17(12-24-20)21(27)25-11-16-2-3-18-19(10-16)29-14-28-18/h2-5,7-8,10,12-13H,6,9,11,14H2,1H3,(H,25,27). The normalized spacial score (nSPS) is 11.9. The van der Waals surface area contributed by atoms with Crippen LogP contribution in [0.1, 0.15) is 21.6 Å². The molecule has 1 aliphatic rings. The molecule has 0 spiro atoms. The molecule has 2 aromatic heterocycles. The minimum atomic E-state index is -0.277. The number of hydrogen-bond acceptors (Lipinski definition) is 7. The van der Waals surface area contributed by atoms with E-state index in [0.717, 1.165) is 24.3 Å². The van der Waals surface area contributed by atoms with Gasteiger partial charge >= 0.3 is 0 Å². The summed E-state index contributed by atoms with van der Waals surface area (Å²) < 4.78 is 10.6. The predicted molar refractivity (Wildman–Crippen MR) is 107 cm³/mol. The van der Waals surface area contributed by atoms with E-state index in [0.29, 0.717) is 18.1 Å². The van der Waals surface area contributed by atoms with Crippen LogP contribution in [-0.2, 0) is 13.0 Å². The summed E-state index contributed by atoms with van der Waals surface area (Å²) in [6, 6.07) is 9.57. The highest BCUT2D eigenvalue weighted by Crippen LogP contribution is 2.32. The van der Waals surface area contributed by atoms with Crippen LogP contribution in [0.3, 0.4) is 0 Å². The van der Waals surface area contributed by atoms with Gasteiger partial charge in [0.1, 0.15) is 11.5 Å². The second-order valence-corrected chi connectivity index (χ2v) is 6.66. The summed E-state index contributed by atoms with van der Waals surface area (Å²) in [6.07, 6.45) is 7.55. The first-order chi connectivity index (χ1) is 14.2. The summed E-state index contributed by atoms with van der Waals surface area (Å²) in [4.78, 5) is 27.0. The highest BCUT2D eigenvalue weighted by molar-refractivity contribution is 5.92. The minimum absolute atomic E-state index is 0.226. The quantitative estimate of drug-likeness (QED) is 0.660. The van der Waals surface area contributed by atoms with E-state index < -0.39 is 0 Å². The average Bonchev–Trinajstić information content (AvgIpc) is 3.24. The second-order valence-electron chi connectivity index (χ2n) is 6.66. The molecule has 1 aromatic carbocycles. The van der Waals surface area contributed by atoms with Crippen molar-refractivity contribution in [1.82, 2.24) is 20.3 Å². The molecule has 1 aliphatic heterocycles. The second kappa shape index (κ2) is 8.55. The highest BCUT2D eigenvalue weighted by Gasteiger charge is 2.14. The van der Waals surface area contributed by atoms with Gasteiger partial charge in [-0.25, -0.2) is 9.97 Å². The van der Waals surface area contributed by atoms with Crippen LogP contribution in [0.2, 0.25) is 0 Å². The van der Waals surface area contributed by atoms with Crippen molar-refractivity contribution in [2.24, 2.45) is 0 Å². The molecule has 4 rings (SSSR count). The zero-order chi connectivity index (χ0) is 20.1. The lowest BCUT2D eigenvalue weighted by atomic mass is 10.2. The molecule has 1 N–H and O–H groups in total. The van der Waals surface area contributed by atoms with Gasteiger partial charge < -0.3 is 19.7 Å². The Morgan fingerprint density at radius 1 is 1.07 bits per heavy atom. The van der Waals surface area contributed by atoms with Gasteiger partial charge in [0.25, 0.3) is 5.91 Å². The van der Waals surface area contributed by atoms with Gasteiger partial charge in [0.2, 0.25) is 6.79 Å². The molecule has 8 heteroatoms. The topological polar surface area (TPSA) is 89.5 Å². The predicted octanol–water partition coefficient (Wildman–Crippen LogP) is 2.21. The monoisotopic (exact) mass is 391 g/mol. The molecule has 0 saturated heterocycles. The number of carbonyl (C=O) groups excluding carboxylic acids is 1. The molecule has 3 aromatic rings. The molecule has 0 fully saturated rings. The number of fused-ring (bicyclic) bond motifs is 1. The van der Waals surface area contributed by atoms with E-state index in [1.807, 2.05) is 42.3 Å². The van der Waals surface area contributed by atoms with Crippen LogP contribution in [0.4, 0.5) is 5.82 Å². The van der Waals surface area contributed by atoms with E-state index in [4.69, 9.17) is 9.47 Å². The average molecular weight is 391 g/mol. The lowest BCUT2D eigenvalue weighted by Gasteiger charge is -2.17. The number of carbonyl (C=O) groups is 1. The van der Waals surface area contributed by atoms with Crippen LogP contribution >= 0.6 is 0 Å². The molecule has 29 heavy (non-hydrogen) atoms. The number of amides is 1. The van der Waals surface area contributed by atoms with E-state index in [1.54, 1.807) is 18.6 Å². The molecule has 0 radical (unpaired) electrons. The van der Waals surface area contributed by atoms with Crippen molar-refractivity contribution >= 4 is 11.7 Å². The summed E-state index contributed by atoms with van der Waals surface area (Å²) in [7, 11) is 1.95. The minimum Gasteiger partial charge on any atom is -0.454 e. The molecule has 0 unspecified atom stereocenters. The molecule has 3 heterocycles. The van der Waals surface area contributed by atoms with Crippen LogP contribution in [0.25, 0.3) is 0 Å². The Balaban J connectivity index is 1.30. The van der Waals surface area contributed by atoms with Crippen molar-refractivity contribution in [3.8, 4) is 11.5 Å². The van der Waals surface area contributed by atoms with Crippen molar-refractivity contribution in [3.05, 3.63) is 71.9 Å². The first-order valence-electron chi connectivity index (χ1n) is 9.28. The van der Waals surface area contributed by atoms with E-state index >= 15 is 0 Å². The number of nitrogens with zero attached hydrogens (tertiary/aromatic N) is 4. The zero-order valence-electron chi connectivity index (χ0n) is 16.0. The number of rotatable bonds is 7. The zero-order valence-corrected chi connectivity index (χ0v) is 16.0. The first kappa shape index (κ1) is 18.7. The highest BCUT2D eigenvalue weighted by atomic mass is 16.7. The van der Waals surface area contributed by atoms with Crippen molar-refractivity contribution in [2.75, 3.05) is 25.3 Å². The Morgan fingerprint density at radius 2 is 1.90 bits per heavy atom. The van der Waals surface area contributed by atoms with Gasteiger partial charge in [-0.3, -0.25) is 9.78 Å². The summed E-state index contributed by atoms with van der Waals surface area (Å²) >= 11 is 0. The molecule has 0 aliphatic carbocycles. The van der Waals surface area contributed by atoms with Crippen LogP contribution < -0.4 is 19.7 Å². The third-order valence-electron chi connectivity index (χ3n) is 4.64. The number of nitrogens with one attached hydrogen (secondary N) is 1. The van der Waals surface area contributed by atoms with E-state index in [-0.39, 0.29) is 18.4 Å². The van der Waals surface area contributed by atoms with Crippen molar-refractivity contribution in [2.45, 2.75) is 13.0 Å². The van der Waals surface area contributed by atoms with Crippen LogP contribution in [0.15, 0.2) is 55.1 Å². The number of hydrogen-bond donors (Lipinski definition) is 1. The van der Waals surface area contributed by atoms with Gasteiger partial charge in [-0.05, 0) is 41.8 Å². The van der Waals surface area contributed by atoms with Gasteiger partial charge in [0.15, 0.2) is 11.5 Å². The fourth-order valence-corrected chi connectivity index (χ4v) is 2.92. The van der Waals surface area contributed by atoms with Crippen LogP contribution in [0.5, 0.6) is 11.5 Å². The van der Waals surface area contributed by atoms with E-state index in [2.05, 4.69) is 20.3 Å². The van der Waals surface area contributed by atoms with Crippen molar-refractivity contribution in [1.29, 1.82) is 0 Å². The van der Waals surface area contributed by atoms with E-state index in [9.17, 15) is 4.79 Å². The van der Waals surface area contributed by atoms with Gasteiger partial charge in [0, 0.05) is 32.5 Å². The van der Waals surface area contributed by atoms with Gasteiger partial charge in [0.05, 0.1) is 12.4 Å². The Labute approximate surface area is 168 Å². The lowest BCUT2D eigenvalue weighted by Crippen LogP contribution is -2.25. The number of likely N-dealkylation sites (N-methyl/N-ethyl adjacent to an activating group) is 1. The number of aromatic nitrogens is 3. The third kappa shape index (κ3) is 4.60. The summed E-state index contributed by atoms with van der Waals surface area (Å²) in [5.41, 5.74) is 2.40. The number of benzene rings is 1. The molecule has 0 saturated carbocycles. The largest absolute Gasteiger partial charge is 0.454 e. The fraction of sp³-hybridized carbons (Fsp3) is 0.238. The molecular formula is C21H21N5O3. The number of pyridine rings is 1.